The van der Waals surface area contributed by atoms with Gasteiger partial charge in [0, 0.05) is 23.4 Å². The van der Waals surface area contributed by atoms with E-state index < -0.39 is 5.97 Å². The van der Waals surface area contributed by atoms with Crippen LogP contribution in [0.3, 0.4) is 0 Å². The second-order valence-electron chi connectivity index (χ2n) is 4.27. The van der Waals surface area contributed by atoms with Gasteiger partial charge in [0.05, 0.1) is 18.4 Å². The molecular formula is C14H13NO4. The van der Waals surface area contributed by atoms with Gasteiger partial charge in [0.15, 0.2) is 11.6 Å². The van der Waals surface area contributed by atoms with Crippen LogP contribution in [0.4, 0.5) is 0 Å². The Bertz CT molecular complexity index is 697. The molecule has 19 heavy (non-hydrogen) atoms. The van der Waals surface area contributed by atoms with Gasteiger partial charge in [-0.1, -0.05) is 0 Å². The molecule has 5 nitrogen and oxygen atoms in total. The highest BCUT2D eigenvalue weighted by molar-refractivity contribution is 6.09. The van der Waals surface area contributed by atoms with E-state index >= 15 is 0 Å². The topological polar surface area (TPSA) is 76.2 Å². The largest absolute Gasteiger partial charge is 0.465 e. The predicted molar refractivity (Wildman–Crippen MR) is 69.6 cm³/mol. The van der Waals surface area contributed by atoms with Gasteiger partial charge in [-0.3, -0.25) is 9.59 Å². The van der Waals surface area contributed by atoms with Crippen molar-refractivity contribution in [3.8, 4) is 0 Å². The Labute approximate surface area is 109 Å². The molecule has 1 heterocycles. The van der Waals surface area contributed by atoms with E-state index in [-0.39, 0.29) is 22.7 Å². The van der Waals surface area contributed by atoms with Crippen LogP contribution in [0, 0.1) is 0 Å². The van der Waals surface area contributed by atoms with E-state index in [1.165, 1.54) is 27.0 Å². The first-order chi connectivity index (χ1) is 8.93. The van der Waals surface area contributed by atoms with Crippen LogP contribution in [0.15, 0.2) is 18.2 Å². The van der Waals surface area contributed by atoms with Crippen molar-refractivity contribution in [1.82, 2.24) is 4.98 Å². The number of methoxy groups -OCH3 is 1. The van der Waals surface area contributed by atoms with Gasteiger partial charge in [-0.15, -0.1) is 0 Å². The highest BCUT2D eigenvalue weighted by atomic mass is 16.5. The van der Waals surface area contributed by atoms with Crippen LogP contribution in [-0.4, -0.2) is 29.6 Å². The number of hydrogen-bond donors (Lipinski definition) is 1. The average Bonchev–Trinajstić information content (AvgIpc) is 2.79. The molecule has 0 fully saturated rings. The second kappa shape index (κ2) is 4.68. The number of esters is 1. The minimum absolute atomic E-state index is 0.111. The van der Waals surface area contributed by atoms with Gasteiger partial charge in [-0.25, -0.2) is 4.79 Å². The second-order valence-corrected chi connectivity index (χ2v) is 4.27. The fourth-order valence-electron chi connectivity index (χ4n) is 1.94. The number of carbonyl (C=O) groups is 3. The summed E-state index contributed by atoms with van der Waals surface area (Å²) in [6.45, 7) is 2.82. The van der Waals surface area contributed by atoms with Gasteiger partial charge in [0.2, 0.25) is 0 Å². The first kappa shape index (κ1) is 13.0. The number of rotatable bonds is 3. The summed E-state index contributed by atoms with van der Waals surface area (Å²) in [5.74, 6) is -0.917. The Morgan fingerprint density at radius 2 is 1.68 bits per heavy atom. The lowest BCUT2D eigenvalue weighted by molar-refractivity contribution is 0.0597. The van der Waals surface area contributed by atoms with E-state index in [4.69, 9.17) is 0 Å². The van der Waals surface area contributed by atoms with E-state index in [1.54, 1.807) is 12.1 Å². The monoisotopic (exact) mass is 259 g/mol. The molecule has 0 spiro atoms. The lowest BCUT2D eigenvalue weighted by Gasteiger charge is -2.05. The molecule has 2 rings (SSSR count). The third-order valence-electron chi connectivity index (χ3n) is 2.92. The number of aromatic amines is 1. The summed E-state index contributed by atoms with van der Waals surface area (Å²) in [5.41, 5.74) is 1.54. The number of Topliss-reactive ketones (excluding diaryl/α,β-unsaturated/α-hetero) is 2. The van der Waals surface area contributed by atoms with Gasteiger partial charge in [0.25, 0.3) is 0 Å². The molecule has 98 valence electrons. The molecule has 0 radical (unpaired) electrons. The molecule has 0 aliphatic rings. The number of nitrogens with one attached hydrogen (secondary N) is 1. The molecule has 2 aromatic rings. The fraction of sp³-hybridized carbons (Fsp3) is 0.214. The first-order valence-electron chi connectivity index (χ1n) is 5.71. The van der Waals surface area contributed by atoms with Crippen LogP contribution < -0.4 is 0 Å². The number of fused-ring (bicyclic) bond motifs is 1. The lowest BCUT2D eigenvalue weighted by atomic mass is 10.0. The van der Waals surface area contributed by atoms with Gasteiger partial charge in [0.1, 0.15) is 0 Å². The zero-order chi connectivity index (χ0) is 14.2. The van der Waals surface area contributed by atoms with Crippen LogP contribution in [-0.2, 0) is 4.74 Å². The molecule has 5 heteroatoms. The van der Waals surface area contributed by atoms with Crippen LogP contribution in [0.5, 0.6) is 0 Å². The molecule has 0 amide bonds. The minimum atomic E-state index is -0.578. The van der Waals surface area contributed by atoms with Crippen LogP contribution >= 0.6 is 0 Å². The molecule has 1 aromatic carbocycles. The maximum atomic E-state index is 11.7. The van der Waals surface area contributed by atoms with Crippen molar-refractivity contribution in [2.75, 3.05) is 7.11 Å². The maximum Gasteiger partial charge on any atom is 0.338 e. The molecule has 1 N–H and O–H groups in total. The molecule has 0 saturated carbocycles. The molecular weight excluding hydrogens is 246 g/mol. The van der Waals surface area contributed by atoms with E-state index in [0.717, 1.165) is 0 Å². The molecule has 0 aliphatic heterocycles. The summed E-state index contributed by atoms with van der Waals surface area (Å²) in [6.07, 6.45) is 0. The molecule has 0 bridgehead atoms. The van der Waals surface area contributed by atoms with Crippen molar-refractivity contribution in [2.45, 2.75) is 13.8 Å². The van der Waals surface area contributed by atoms with E-state index in [2.05, 4.69) is 9.72 Å². The van der Waals surface area contributed by atoms with Crippen molar-refractivity contribution < 1.29 is 19.1 Å². The quantitative estimate of drug-likeness (QED) is 0.678. The Morgan fingerprint density at radius 3 is 2.21 bits per heavy atom. The third kappa shape index (κ3) is 2.27. The molecule has 0 unspecified atom stereocenters. The summed E-state index contributed by atoms with van der Waals surface area (Å²) in [7, 11) is 1.26. The summed E-state index contributed by atoms with van der Waals surface area (Å²) in [6, 6.07) is 4.78. The van der Waals surface area contributed by atoms with Gasteiger partial charge in [-0.2, -0.15) is 0 Å². The molecule has 0 atom stereocenters. The molecule has 1 aromatic heterocycles. The van der Waals surface area contributed by atoms with Crippen molar-refractivity contribution in [1.29, 1.82) is 0 Å². The van der Waals surface area contributed by atoms with Crippen molar-refractivity contribution in [3.63, 3.8) is 0 Å². The Balaban J connectivity index is 2.72. The zero-order valence-corrected chi connectivity index (χ0v) is 10.9. The summed E-state index contributed by atoms with van der Waals surface area (Å²) in [5, 5.41) is 0.711. The van der Waals surface area contributed by atoms with Crippen molar-refractivity contribution in [2.24, 2.45) is 0 Å². The maximum absolute atomic E-state index is 11.7. The molecule has 0 saturated heterocycles. The standard InChI is InChI=1S/C14H13NO4/c1-7(16)10-4-9-5-12(8(2)17)15-13(9)6-11(10)14(18)19-3/h4-6,15H,1-3H3. The first-order valence-corrected chi connectivity index (χ1v) is 5.71. The third-order valence-corrected chi connectivity index (χ3v) is 2.92. The van der Waals surface area contributed by atoms with Crippen molar-refractivity contribution >= 4 is 28.4 Å². The lowest BCUT2D eigenvalue weighted by Crippen LogP contribution is -2.08. The minimum Gasteiger partial charge on any atom is -0.465 e. The number of H-pyrrole nitrogens is 1. The summed E-state index contributed by atoms with van der Waals surface area (Å²) >= 11 is 0. The van der Waals surface area contributed by atoms with Crippen LogP contribution in [0.2, 0.25) is 0 Å². The van der Waals surface area contributed by atoms with Crippen LogP contribution in [0.1, 0.15) is 45.1 Å². The zero-order valence-electron chi connectivity index (χ0n) is 10.9. The van der Waals surface area contributed by atoms with Gasteiger partial charge < -0.3 is 9.72 Å². The van der Waals surface area contributed by atoms with Crippen molar-refractivity contribution in [3.05, 3.63) is 35.0 Å². The van der Waals surface area contributed by atoms with E-state index in [1.807, 2.05) is 0 Å². The number of carbonyl (C=O) groups excluding carboxylic acids is 3. The Hall–Kier alpha value is -2.43. The fourth-order valence-corrected chi connectivity index (χ4v) is 1.94. The van der Waals surface area contributed by atoms with Gasteiger partial charge in [-0.05, 0) is 25.1 Å². The van der Waals surface area contributed by atoms with Crippen LogP contribution in [0.25, 0.3) is 10.9 Å². The predicted octanol–water partition coefficient (Wildman–Crippen LogP) is 2.36. The number of benzene rings is 1. The van der Waals surface area contributed by atoms with E-state index in [9.17, 15) is 14.4 Å². The van der Waals surface area contributed by atoms with Gasteiger partial charge >= 0.3 is 5.97 Å². The summed E-state index contributed by atoms with van der Waals surface area (Å²) in [4.78, 5) is 37.5. The highest BCUT2D eigenvalue weighted by Gasteiger charge is 2.17. The average molecular weight is 259 g/mol. The SMILES string of the molecule is COC(=O)c1cc2[nH]c(C(C)=O)cc2cc1C(C)=O. The van der Waals surface area contributed by atoms with E-state index in [0.29, 0.717) is 16.6 Å². The number of aromatic nitrogens is 1. The smallest absolute Gasteiger partial charge is 0.338 e. The highest BCUT2D eigenvalue weighted by Crippen LogP contribution is 2.22. The number of ether oxygens (including phenoxy) is 1. The normalized spacial score (nSPS) is 10.5. The Kier molecular flexibility index (Phi) is 3.21. The number of ketones is 2. The molecule has 0 aliphatic carbocycles. The summed E-state index contributed by atoms with van der Waals surface area (Å²) < 4.78 is 4.66. The number of hydrogen-bond acceptors (Lipinski definition) is 4. The Morgan fingerprint density at radius 1 is 1.00 bits per heavy atom.